The molecule has 2 aromatic carbocycles. The highest BCUT2D eigenvalue weighted by Crippen LogP contribution is 2.25. The second kappa shape index (κ2) is 5.51. The molecule has 0 amide bonds. The molecule has 21 heavy (non-hydrogen) atoms. The first-order valence-electron chi connectivity index (χ1n) is 6.65. The van der Waals surface area contributed by atoms with E-state index >= 15 is 0 Å². The van der Waals surface area contributed by atoms with E-state index in [1.165, 1.54) is 11.1 Å². The summed E-state index contributed by atoms with van der Waals surface area (Å²) in [4.78, 5) is 0. The predicted molar refractivity (Wildman–Crippen MR) is 82.4 cm³/mol. The first-order valence-corrected chi connectivity index (χ1v) is 6.65. The monoisotopic (exact) mass is 274 g/mol. The van der Waals surface area contributed by atoms with E-state index in [-0.39, 0.29) is 5.82 Å². The van der Waals surface area contributed by atoms with Gasteiger partial charge in [-0.2, -0.15) is 10.4 Å². The Kier molecular flexibility index (Phi) is 3.40. The number of hydrogen-bond donors (Lipinski definition) is 2. The van der Waals surface area contributed by atoms with Crippen LogP contribution in [0.3, 0.4) is 0 Å². The Bertz CT molecular complexity index is 780. The molecular formula is C17H14N4. The Balaban J connectivity index is 1.86. The molecular weight excluding hydrogens is 260 g/mol. The molecule has 0 spiro atoms. The van der Waals surface area contributed by atoms with Crippen LogP contribution in [0.25, 0.3) is 11.3 Å². The molecule has 3 aromatic rings. The van der Waals surface area contributed by atoms with Crippen molar-refractivity contribution >= 4 is 5.82 Å². The molecule has 0 saturated heterocycles. The fourth-order valence-corrected chi connectivity index (χ4v) is 2.30. The molecule has 0 radical (unpaired) electrons. The van der Waals surface area contributed by atoms with Gasteiger partial charge in [-0.05, 0) is 17.5 Å². The summed E-state index contributed by atoms with van der Waals surface area (Å²) in [5.41, 5.74) is 10.1. The third-order valence-electron chi connectivity index (χ3n) is 3.40. The lowest BCUT2D eigenvalue weighted by Crippen LogP contribution is -1.89. The van der Waals surface area contributed by atoms with Crippen molar-refractivity contribution in [2.24, 2.45) is 0 Å². The predicted octanol–water partition coefficient (Wildman–Crippen LogP) is 3.12. The number of H-pyrrole nitrogens is 1. The lowest BCUT2D eigenvalue weighted by atomic mass is 10.0. The van der Waals surface area contributed by atoms with Crippen LogP contribution in [0.2, 0.25) is 0 Å². The minimum absolute atomic E-state index is 0.237. The maximum Gasteiger partial charge on any atom is 0.163 e. The van der Waals surface area contributed by atoms with E-state index in [0.29, 0.717) is 11.3 Å². The minimum Gasteiger partial charge on any atom is -0.381 e. The normalized spacial score (nSPS) is 10.2. The van der Waals surface area contributed by atoms with Crippen LogP contribution in [0, 0.1) is 11.3 Å². The molecule has 0 atom stereocenters. The number of aromatic amines is 1. The molecule has 102 valence electrons. The Hall–Kier alpha value is -3.06. The summed E-state index contributed by atoms with van der Waals surface area (Å²) in [6.07, 6.45) is 0.886. The molecule has 1 heterocycles. The Labute approximate surface area is 122 Å². The van der Waals surface area contributed by atoms with Crippen molar-refractivity contribution in [3.05, 3.63) is 71.3 Å². The lowest BCUT2D eigenvalue weighted by molar-refractivity contribution is 1.10. The van der Waals surface area contributed by atoms with Crippen LogP contribution in [0.1, 0.15) is 16.7 Å². The summed E-state index contributed by atoms with van der Waals surface area (Å²) in [6, 6.07) is 20.5. The van der Waals surface area contributed by atoms with Gasteiger partial charge >= 0.3 is 0 Å². The maximum atomic E-state index is 9.11. The molecule has 4 nitrogen and oxygen atoms in total. The van der Waals surface area contributed by atoms with Gasteiger partial charge in [0.15, 0.2) is 5.82 Å². The average Bonchev–Trinajstić information content (AvgIpc) is 2.90. The van der Waals surface area contributed by atoms with E-state index in [1.54, 1.807) is 0 Å². The van der Waals surface area contributed by atoms with Crippen LogP contribution in [0.15, 0.2) is 54.6 Å². The van der Waals surface area contributed by atoms with Crippen molar-refractivity contribution in [2.75, 3.05) is 5.73 Å². The number of anilines is 1. The molecule has 0 aliphatic carbocycles. The molecule has 0 unspecified atom stereocenters. The van der Waals surface area contributed by atoms with Crippen LogP contribution in [0.5, 0.6) is 0 Å². The van der Waals surface area contributed by atoms with E-state index in [9.17, 15) is 0 Å². The molecule has 0 saturated carbocycles. The maximum absolute atomic E-state index is 9.11. The van der Waals surface area contributed by atoms with Gasteiger partial charge in [-0.15, -0.1) is 0 Å². The SMILES string of the molecule is N#Cc1c(N)n[nH]c1-c1ccc(Cc2ccccc2)cc1. The topological polar surface area (TPSA) is 78.5 Å². The summed E-state index contributed by atoms with van der Waals surface area (Å²) in [5, 5.41) is 15.8. The number of nitrogens with two attached hydrogens (primary N) is 1. The number of nitrogens with one attached hydrogen (secondary N) is 1. The number of benzene rings is 2. The van der Waals surface area contributed by atoms with Gasteiger partial charge in [-0.25, -0.2) is 0 Å². The Morgan fingerprint density at radius 3 is 2.33 bits per heavy atom. The number of nitrogens with zero attached hydrogens (tertiary/aromatic N) is 2. The molecule has 4 heteroatoms. The van der Waals surface area contributed by atoms with E-state index in [0.717, 1.165) is 12.0 Å². The van der Waals surface area contributed by atoms with E-state index in [2.05, 4.69) is 40.5 Å². The lowest BCUT2D eigenvalue weighted by Gasteiger charge is -2.04. The van der Waals surface area contributed by atoms with Crippen LogP contribution in [-0.4, -0.2) is 10.2 Å². The molecule has 0 aliphatic rings. The van der Waals surface area contributed by atoms with Crippen LogP contribution < -0.4 is 5.73 Å². The third-order valence-corrected chi connectivity index (χ3v) is 3.40. The molecule has 0 bridgehead atoms. The van der Waals surface area contributed by atoms with Crippen LogP contribution in [-0.2, 0) is 6.42 Å². The van der Waals surface area contributed by atoms with Gasteiger partial charge in [0.1, 0.15) is 11.6 Å². The highest BCUT2D eigenvalue weighted by molar-refractivity contribution is 5.72. The standard InChI is InChI=1S/C17H14N4/c18-11-15-16(20-21-17(15)19)14-8-6-13(7-9-14)10-12-4-2-1-3-5-12/h1-9H,10H2,(H3,19,20,21). The van der Waals surface area contributed by atoms with Gasteiger partial charge in [-0.1, -0.05) is 54.6 Å². The number of rotatable bonds is 3. The van der Waals surface area contributed by atoms with Gasteiger partial charge in [0.25, 0.3) is 0 Å². The minimum atomic E-state index is 0.237. The van der Waals surface area contributed by atoms with Gasteiger partial charge in [0.2, 0.25) is 0 Å². The summed E-state index contributed by atoms with van der Waals surface area (Å²) in [6.45, 7) is 0. The van der Waals surface area contributed by atoms with Crippen LogP contribution >= 0.6 is 0 Å². The quantitative estimate of drug-likeness (QED) is 0.770. The highest BCUT2D eigenvalue weighted by atomic mass is 15.2. The van der Waals surface area contributed by atoms with E-state index in [4.69, 9.17) is 11.0 Å². The fraction of sp³-hybridized carbons (Fsp3) is 0.0588. The zero-order valence-electron chi connectivity index (χ0n) is 11.4. The highest BCUT2D eigenvalue weighted by Gasteiger charge is 2.11. The second-order valence-corrected chi connectivity index (χ2v) is 4.83. The molecule has 3 rings (SSSR count). The fourth-order valence-electron chi connectivity index (χ4n) is 2.30. The van der Waals surface area contributed by atoms with Gasteiger partial charge in [0, 0.05) is 5.56 Å². The van der Waals surface area contributed by atoms with Crippen molar-refractivity contribution in [3.63, 3.8) is 0 Å². The molecule has 1 aromatic heterocycles. The van der Waals surface area contributed by atoms with Crippen molar-refractivity contribution < 1.29 is 0 Å². The van der Waals surface area contributed by atoms with Gasteiger partial charge in [0.05, 0.1) is 5.69 Å². The summed E-state index contributed by atoms with van der Waals surface area (Å²) in [7, 11) is 0. The average molecular weight is 274 g/mol. The van der Waals surface area contributed by atoms with E-state index < -0.39 is 0 Å². The molecule has 0 fully saturated rings. The zero-order valence-corrected chi connectivity index (χ0v) is 11.4. The van der Waals surface area contributed by atoms with Gasteiger partial charge in [-0.3, -0.25) is 5.10 Å². The summed E-state index contributed by atoms with van der Waals surface area (Å²) >= 11 is 0. The first-order chi connectivity index (χ1) is 10.3. The van der Waals surface area contributed by atoms with Crippen molar-refractivity contribution in [3.8, 4) is 17.3 Å². The number of nitrogen functional groups attached to an aromatic ring is 1. The van der Waals surface area contributed by atoms with Crippen molar-refractivity contribution in [2.45, 2.75) is 6.42 Å². The Morgan fingerprint density at radius 1 is 1.00 bits per heavy atom. The first kappa shape index (κ1) is 12.9. The van der Waals surface area contributed by atoms with E-state index in [1.807, 2.05) is 30.3 Å². The number of hydrogen-bond acceptors (Lipinski definition) is 3. The summed E-state index contributed by atoms with van der Waals surface area (Å²) in [5.74, 6) is 0.237. The zero-order chi connectivity index (χ0) is 14.7. The smallest absolute Gasteiger partial charge is 0.163 e. The third kappa shape index (κ3) is 2.63. The number of aromatic nitrogens is 2. The summed E-state index contributed by atoms with van der Waals surface area (Å²) < 4.78 is 0. The largest absolute Gasteiger partial charge is 0.381 e. The van der Waals surface area contributed by atoms with Crippen LogP contribution in [0.4, 0.5) is 5.82 Å². The van der Waals surface area contributed by atoms with Crippen molar-refractivity contribution in [1.29, 1.82) is 5.26 Å². The second-order valence-electron chi connectivity index (χ2n) is 4.83. The number of nitriles is 1. The van der Waals surface area contributed by atoms with Crippen molar-refractivity contribution in [1.82, 2.24) is 10.2 Å². The molecule has 3 N–H and O–H groups in total. The molecule has 0 aliphatic heterocycles. The van der Waals surface area contributed by atoms with Gasteiger partial charge < -0.3 is 5.73 Å². The Morgan fingerprint density at radius 2 is 1.67 bits per heavy atom.